The molecule has 37 heavy (non-hydrogen) atoms. The second kappa shape index (κ2) is 11.0. The molecular weight excluding hydrogens is 470 g/mol. The van der Waals surface area contributed by atoms with Crippen LogP contribution in [0.15, 0.2) is 77.6 Å². The van der Waals surface area contributed by atoms with Crippen molar-refractivity contribution in [1.29, 1.82) is 5.26 Å². The maximum Gasteiger partial charge on any atom is 0.337 e. The Bertz CT molecular complexity index is 1400. The molecule has 3 heterocycles. The lowest BCUT2D eigenvalue weighted by atomic mass is 10.0. The molecule has 0 N–H and O–H groups in total. The van der Waals surface area contributed by atoms with E-state index >= 15 is 0 Å². The second-order valence-corrected chi connectivity index (χ2v) is 8.48. The first-order valence-electron chi connectivity index (χ1n) is 11.9. The van der Waals surface area contributed by atoms with Gasteiger partial charge in [0.15, 0.2) is 0 Å². The van der Waals surface area contributed by atoms with Crippen LogP contribution < -0.4 is 9.64 Å². The third-order valence-corrected chi connectivity index (χ3v) is 6.22. The highest BCUT2D eigenvalue weighted by Crippen LogP contribution is 2.34. The van der Waals surface area contributed by atoms with Crippen molar-refractivity contribution >= 4 is 11.7 Å². The maximum atomic E-state index is 11.7. The summed E-state index contributed by atoms with van der Waals surface area (Å²) in [6.07, 6.45) is 3.16. The number of hydrogen-bond acceptors (Lipinski definition) is 8. The van der Waals surface area contributed by atoms with Gasteiger partial charge in [-0.15, -0.1) is 0 Å². The minimum absolute atomic E-state index is 0.174. The van der Waals surface area contributed by atoms with Crippen molar-refractivity contribution in [2.75, 3.05) is 38.3 Å². The first-order valence-corrected chi connectivity index (χ1v) is 11.9. The summed E-state index contributed by atoms with van der Waals surface area (Å²) < 4.78 is 21.5. The molecule has 8 heteroatoms. The van der Waals surface area contributed by atoms with Crippen molar-refractivity contribution in [3.8, 4) is 34.3 Å². The average Bonchev–Trinajstić information content (AvgIpc) is 3.51. The normalized spacial score (nSPS) is 13.1. The molecule has 2 aromatic heterocycles. The van der Waals surface area contributed by atoms with Crippen LogP contribution in [-0.2, 0) is 16.1 Å². The Kier molecular flexibility index (Phi) is 7.15. The van der Waals surface area contributed by atoms with Gasteiger partial charge < -0.3 is 23.5 Å². The number of morpholine rings is 1. The van der Waals surface area contributed by atoms with Crippen molar-refractivity contribution in [3.63, 3.8) is 0 Å². The van der Waals surface area contributed by atoms with Crippen LogP contribution in [0.3, 0.4) is 0 Å². The average molecular weight is 496 g/mol. The first kappa shape index (κ1) is 24.1. The topological polar surface area (TPSA) is 97.8 Å². The first-order chi connectivity index (χ1) is 18.2. The fraction of sp³-hybridized carbons (Fsp3) is 0.207. The molecule has 8 nitrogen and oxygen atoms in total. The zero-order valence-electron chi connectivity index (χ0n) is 20.3. The van der Waals surface area contributed by atoms with E-state index in [1.54, 1.807) is 42.9 Å². The molecule has 0 spiro atoms. The van der Waals surface area contributed by atoms with E-state index in [4.69, 9.17) is 23.6 Å². The van der Waals surface area contributed by atoms with Crippen molar-refractivity contribution in [3.05, 3.63) is 89.9 Å². The number of rotatable bonds is 7. The highest BCUT2D eigenvalue weighted by molar-refractivity contribution is 5.89. The van der Waals surface area contributed by atoms with Gasteiger partial charge >= 0.3 is 5.97 Å². The number of furan rings is 1. The highest BCUT2D eigenvalue weighted by Gasteiger charge is 2.18. The monoisotopic (exact) mass is 495 g/mol. The Morgan fingerprint density at radius 1 is 1.05 bits per heavy atom. The summed E-state index contributed by atoms with van der Waals surface area (Å²) in [5, 5.41) is 9.99. The predicted molar refractivity (Wildman–Crippen MR) is 137 cm³/mol. The van der Waals surface area contributed by atoms with Gasteiger partial charge in [0.2, 0.25) is 5.88 Å². The Morgan fingerprint density at radius 2 is 1.81 bits per heavy atom. The fourth-order valence-corrected chi connectivity index (χ4v) is 4.20. The molecule has 1 aliphatic rings. The highest BCUT2D eigenvalue weighted by atomic mass is 16.5. The van der Waals surface area contributed by atoms with Crippen molar-refractivity contribution < 1.29 is 23.4 Å². The number of benzene rings is 2. The van der Waals surface area contributed by atoms with Crippen molar-refractivity contribution in [2.45, 2.75) is 6.61 Å². The predicted octanol–water partition coefficient (Wildman–Crippen LogP) is 5.08. The van der Waals surface area contributed by atoms with Crippen molar-refractivity contribution in [1.82, 2.24) is 4.98 Å². The summed E-state index contributed by atoms with van der Waals surface area (Å²) in [6.45, 7) is 3.33. The van der Waals surface area contributed by atoms with Gasteiger partial charge in [-0.25, -0.2) is 9.78 Å². The molecule has 0 aliphatic carbocycles. The van der Waals surface area contributed by atoms with Gasteiger partial charge in [-0.05, 0) is 42.0 Å². The number of esters is 1. The van der Waals surface area contributed by atoms with Gasteiger partial charge in [0.05, 0.1) is 44.1 Å². The number of nitriles is 1. The number of pyridine rings is 1. The number of hydrogen-bond donors (Lipinski definition) is 0. The molecule has 186 valence electrons. The van der Waals surface area contributed by atoms with Crippen LogP contribution in [0.25, 0.3) is 22.4 Å². The molecule has 0 atom stereocenters. The lowest BCUT2D eigenvalue weighted by molar-refractivity contribution is 0.0600. The summed E-state index contributed by atoms with van der Waals surface area (Å²) in [6, 6.07) is 21.0. The minimum Gasteiger partial charge on any atom is -0.472 e. The molecule has 0 radical (unpaired) electrons. The van der Waals surface area contributed by atoms with Gasteiger partial charge in [-0.1, -0.05) is 24.3 Å². The number of carbonyl (C=O) groups excluding carboxylic acids is 1. The Hall–Kier alpha value is -4.61. The number of nitrogens with zero attached hydrogens (tertiary/aromatic N) is 3. The van der Waals surface area contributed by atoms with Crippen molar-refractivity contribution in [2.24, 2.45) is 0 Å². The zero-order chi connectivity index (χ0) is 25.6. The number of anilines is 1. The van der Waals surface area contributed by atoms with Crippen LogP contribution in [0.5, 0.6) is 5.88 Å². The minimum atomic E-state index is -0.405. The smallest absolute Gasteiger partial charge is 0.337 e. The second-order valence-electron chi connectivity index (χ2n) is 8.48. The number of methoxy groups -OCH3 is 1. The Morgan fingerprint density at radius 3 is 2.46 bits per heavy atom. The van der Waals surface area contributed by atoms with Crippen LogP contribution in [-0.4, -0.2) is 44.4 Å². The van der Waals surface area contributed by atoms with Gasteiger partial charge in [-0.2, -0.15) is 5.26 Å². The maximum absolute atomic E-state index is 11.7. The Balaban J connectivity index is 1.46. The van der Waals surface area contributed by atoms with Gasteiger partial charge in [0.25, 0.3) is 0 Å². The van der Waals surface area contributed by atoms with E-state index in [0.29, 0.717) is 22.4 Å². The molecular formula is C29H25N3O5. The third-order valence-electron chi connectivity index (χ3n) is 6.22. The van der Waals surface area contributed by atoms with Crippen LogP contribution in [0.2, 0.25) is 0 Å². The van der Waals surface area contributed by atoms with Gasteiger partial charge in [0, 0.05) is 35.5 Å². The molecule has 0 unspecified atom stereocenters. The quantitative estimate of drug-likeness (QED) is 0.327. The largest absolute Gasteiger partial charge is 0.472 e. The molecule has 0 saturated carbocycles. The molecule has 2 aromatic carbocycles. The van der Waals surface area contributed by atoms with E-state index in [1.807, 2.05) is 18.2 Å². The molecule has 0 bridgehead atoms. The van der Waals surface area contributed by atoms with E-state index in [1.165, 1.54) is 7.11 Å². The zero-order valence-corrected chi connectivity index (χ0v) is 20.3. The summed E-state index contributed by atoms with van der Waals surface area (Å²) in [7, 11) is 1.34. The SMILES string of the molecule is COC(=O)c1ccc(COc2nc(-c3ccc(N4CCOCC4)cc3)cc(-c3ccoc3)c2C#N)cc1. The van der Waals surface area contributed by atoms with E-state index in [2.05, 4.69) is 23.1 Å². The standard InChI is InChI=1S/C29H25N3O5/c1-34-29(33)22-4-2-20(3-5-22)18-37-28-26(17-30)25(23-10-13-36-19-23)16-27(31-28)21-6-8-24(9-7-21)32-11-14-35-15-12-32/h2-10,13,16,19H,11-12,14-15,18H2,1H3. The summed E-state index contributed by atoms with van der Waals surface area (Å²) >= 11 is 0. The summed E-state index contributed by atoms with van der Waals surface area (Å²) in [5.74, 6) is -0.177. The van der Waals surface area contributed by atoms with Crippen LogP contribution in [0.1, 0.15) is 21.5 Å². The number of aromatic nitrogens is 1. The molecule has 1 fully saturated rings. The molecule has 4 aromatic rings. The van der Waals surface area contributed by atoms with E-state index in [9.17, 15) is 10.1 Å². The molecule has 0 amide bonds. The number of carbonyl (C=O) groups is 1. The van der Waals surface area contributed by atoms with Gasteiger partial charge in [0.1, 0.15) is 18.2 Å². The van der Waals surface area contributed by atoms with E-state index < -0.39 is 5.97 Å². The van der Waals surface area contributed by atoms with Crippen LogP contribution in [0, 0.1) is 11.3 Å². The third kappa shape index (κ3) is 5.32. The molecule has 5 rings (SSSR count). The van der Waals surface area contributed by atoms with Gasteiger partial charge in [-0.3, -0.25) is 0 Å². The summed E-state index contributed by atoms with van der Waals surface area (Å²) in [4.78, 5) is 18.7. The Labute approximate surface area is 214 Å². The van der Waals surface area contributed by atoms with E-state index in [0.717, 1.165) is 48.7 Å². The fourth-order valence-electron chi connectivity index (χ4n) is 4.20. The molecule has 1 saturated heterocycles. The van der Waals surface area contributed by atoms with Crippen LogP contribution in [0.4, 0.5) is 5.69 Å². The lowest BCUT2D eigenvalue weighted by Crippen LogP contribution is -2.36. The number of ether oxygens (including phenoxy) is 3. The summed E-state index contributed by atoms with van der Waals surface area (Å²) in [5.41, 5.74) is 5.74. The van der Waals surface area contributed by atoms with E-state index in [-0.39, 0.29) is 12.5 Å². The molecule has 1 aliphatic heterocycles. The van der Waals surface area contributed by atoms with Crippen LogP contribution >= 0.6 is 0 Å². The lowest BCUT2D eigenvalue weighted by Gasteiger charge is -2.28.